The molecule has 1 aromatic heterocycles. The van der Waals surface area contributed by atoms with Crippen LogP contribution in [0.2, 0.25) is 10.0 Å². The Morgan fingerprint density at radius 3 is 2.11 bits per heavy atom. The van der Waals surface area contributed by atoms with E-state index < -0.39 is 22.8 Å². The van der Waals surface area contributed by atoms with Crippen LogP contribution in [0.3, 0.4) is 0 Å². The van der Waals surface area contributed by atoms with Crippen molar-refractivity contribution in [2.75, 3.05) is 0 Å². The fourth-order valence-corrected chi connectivity index (χ4v) is 5.27. The molecule has 0 atom stereocenters. The first-order chi connectivity index (χ1) is 16.8. The van der Waals surface area contributed by atoms with Gasteiger partial charge < -0.3 is 4.57 Å². The van der Waals surface area contributed by atoms with Crippen molar-refractivity contribution in [3.8, 4) is 0 Å². The number of aromatic nitrogens is 1. The lowest BCUT2D eigenvalue weighted by molar-refractivity contribution is -0.123. The van der Waals surface area contributed by atoms with Crippen LogP contribution in [0.4, 0.5) is 13.6 Å². The highest BCUT2D eigenvalue weighted by Crippen LogP contribution is 2.36. The summed E-state index contributed by atoms with van der Waals surface area (Å²) in [7, 11) is 0. The molecule has 1 fully saturated rings. The topological polar surface area (TPSA) is 42.3 Å². The van der Waals surface area contributed by atoms with Gasteiger partial charge in [0.1, 0.15) is 11.6 Å². The Hall–Kier alpha value is -3.13. The summed E-state index contributed by atoms with van der Waals surface area (Å²) in [4.78, 5) is 26.8. The highest BCUT2D eigenvalue weighted by atomic mass is 35.5. The first kappa shape index (κ1) is 23.6. The average Bonchev–Trinajstić information content (AvgIpc) is 3.30. The highest BCUT2D eigenvalue weighted by molar-refractivity contribution is 8.18. The summed E-state index contributed by atoms with van der Waals surface area (Å²) in [5, 5.41) is 0.770. The molecule has 4 aromatic rings. The minimum Gasteiger partial charge on any atom is -0.342 e. The fourth-order valence-electron chi connectivity index (χ4n) is 3.99. The lowest BCUT2D eigenvalue weighted by Crippen LogP contribution is -2.28. The van der Waals surface area contributed by atoms with Crippen molar-refractivity contribution in [2.45, 2.75) is 13.1 Å². The molecule has 0 bridgehead atoms. The van der Waals surface area contributed by atoms with Crippen molar-refractivity contribution in [1.29, 1.82) is 0 Å². The third-order valence-corrected chi connectivity index (χ3v) is 7.36. The van der Waals surface area contributed by atoms with Crippen LogP contribution in [0, 0.1) is 11.6 Å². The van der Waals surface area contributed by atoms with E-state index >= 15 is 0 Å². The maximum Gasteiger partial charge on any atom is 0.293 e. The first-order valence-electron chi connectivity index (χ1n) is 10.5. The van der Waals surface area contributed by atoms with Gasteiger partial charge in [-0.25, -0.2) is 8.78 Å². The number of hydrogen-bond donors (Lipinski definition) is 0. The van der Waals surface area contributed by atoms with E-state index in [2.05, 4.69) is 0 Å². The summed E-state index contributed by atoms with van der Waals surface area (Å²) in [5.41, 5.74) is 1.93. The van der Waals surface area contributed by atoms with E-state index in [9.17, 15) is 18.4 Å². The van der Waals surface area contributed by atoms with Gasteiger partial charge >= 0.3 is 0 Å². The number of rotatable bonds is 5. The minimum atomic E-state index is -0.588. The number of thioether (sulfide) groups is 1. The molecule has 1 saturated heterocycles. The number of carbonyl (C=O) groups excluding carboxylic acids is 2. The molecule has 1 aliphatic rings. The summed E-state index contributed by atoms with van der Waals surface area (Å²) < 4.78 is 30.5. The Bertz CT molecular complexity index is 1490. The zero-order valence-electron chi connectivity index (χ0n) is 18.0. The third-order valence-electron chi connectivity index (χ3n) is 5.75. The highest BCUT2D eigenvalue weighted by Gasteiger charge is 2.36. The predicted octanol–water partition coefficient (Wildman–Crippen LogP) is 7.51. The van der Waals surface area contributed by atoms with Crippen LogP contribution in [0.25, 0.3) is 17.0 Å². The predicted molar refractivity (Wildman–Crippen MR) is 135 cm³/mol. The Morgan fingerprint density at radius 1 is 0.829 bits per heavy atom. The molecule has 176 valence electrons. The molecule has 2 amide bonds. The Kier molecular flexibility index (Phi) is 6.40. The number of nitrogens with zero attached hydrogens (tertiary/aromatic N) is 2. The average molecular weight is 529 g/mol. The number of para-hydroxylation sites is 1. The molecule has 0 aliphatic carbocycles. The molecule has 0 spiro atoms. The summed E-state index contributed by atoms with van der Waals surface area (Å²) in [6.07, 6.45) is 3.41. The monoisotopic (exact) mass is 528 g/mol. The maximum absolute atomic E-state index is 14.4. The number of carbonyl (C=O) groups is 2. The Balaban J connectivity index is 1.49. The number of amides is 2. The maximum atomic E-state index is 14.4. The van der Waals surface area contributed by atoms with Gasteiger partial charge in [-0.15, -0.1) is 0 Å². The molecular formula is C26H16Cl2F2N2O2S. The van der Waals surface area contributed by atoms with Gasteiger partial charge in [0, 0.05) is 43.8 Å². The van der Waals surface area contributed by atoms with Crippen molar-refractivity contribution in [3.05, 3.63) is 110 Å². The molecule has 9 heteroatoms. The lowest BCUT2D eigenvalue weighted by atomic mass is 10.1. The van der Waals surface area contributed by atoms with Crippen molar-refractivity contribution in [2.24, 2.45) is 0 Å². The summed E-state index contributed by atoms with van der Waals surface area (Å²) >= 11 is 13.1. The number of halogens is 4. The summed E-state index contributed by atoms with van der Waals surface area (Å²) in [6.45, 7) is -0.0752. The van der Waals surface area contributed by atoms with Crippen LogP contribution in [-0.4, -0.2) is 20.6 Å². The molecule has 2 heterocycles. The number of hydrogen-bond acceptors (Lipinski definition) is 3. The normalized spacial score (nSPS) is 15.1. The summed E-state index contributed by atoms with van der Waals surface area (Å²) in [6, 6.07) is 16.2. The largest absolute Gasteiger partial charge is 0.342 e. The SMILES string of the molecule is O=C1S/C(=C/c2cn(Cc3c(F)cccc3Cl)c3ccccc23)C(=O)N1Cc1c(F)cccc1Cl. The van der Waals surface area contributed by atoms with E-state index in [0.717, 1.165) is 27.6 Å². The standard InChI is InChI=1S/C26H16Cl2F2N2O2S/c27-19-6-3-8-21(29)17(19)13-31-12-15(16-5-1-2-10-23(16)31)11-24-25(33)32(26(34)35-24)14-18-20(28)7-4-9-22(18)30/h1-12H,13-14H2/b24-11+. The second kappa shape index (κ2) is 9.49. The first-order valence-corrected chi connectivity index (χ1v) is 12.1. The van der Waals surface area contributed by atoms with Crippen LogP contribution in [0.15, 0.2) is 71.8 Å². The van der Waals surface area contributed by atoms with Crippen molar-refractivity contribution >= 4 is 63.1 Å². The summed E-state index contributed by atoms with van der Waals surface area (Å²) in [5.74, 6) is -1.53. The van der Waals surface area contributed by atoms with Crippen LogP contribution in [-0.2, 0) is 17.9 Å². The smallest absolute Gasteiger partial charge is 0.293 e. The van der Waals surface area contributed by atoms with Gasteiger partial charge in [-0.1, -0.05) is 53.5 Å². The van der Waals surface area contributed by atoms with Crippen LogP contribution in [0.5, 0.6) is 0 Å². The van der Waals surface area contributed by atoms with Gasteiger partial charge in [-0.2, -0.15) is 0 Å². The Labute approximate surface area is 213 Å². The quantitative estimate of drug-likeness (QED) is 0.251. The molecule has 0 saturated carbocycles. The van der Waals surface area contributed by atoms with Gasteiger partial charge in [0.05, 0.1) is 18.0 Å². The second-order valence-corrected chi connectivity index (χ2v) is 9.71. The van der Waals surface area contributed by atoms with E-state index in [1.165, 1.54) is 24.3 Å². The van der Waals surface area contributed by atoms with Gasteiger partial charge in [0.25, 0.3) is 11.1 Å². The van der Waals surface area contributed by atoms with Crippen LogP contribution < -0.4 is 0 Å². The van der Waals surface area contributed by atoms with E-state index in [4.69, 9.17) is 23.2 Å². The molecule has 0 radical (unpaired) electrons. The van der Waals surface area contributed by atoms with Gasteiger partial charge in [0.2, 0.25) is 0 Å². The number of benzene rings is 3. The zero-order chi connectivity index (χ0) is 24.7. The van der Waals surface area contributed by atoms with E-state index in [1.807, 2.05) is 28.8 Å². The molecule has 3 aromatic carbocycles. The third kappa shape index (κ3) is 4.47. The molecule has 1 aliphatic heterocycles. The molecule has 0 N–H and O–H groups in total. The molecule has 4 nitrogen and oxygen atoms in total. The van der Waals surface area contributed by atoms with E-state index in [1.54, 1.807) is 24.4 Å². The molecule has 0 unspecified atom stereocenters. The van der Waals surface area contributed by atoms with Gasteiger partial charge in [-0.05, 0) is 48.2 Å². The number of imide groups is 1. The van der Waals surface area contributed by atoms with Gasteiger partial charge in [0.15, 0.2) is 0 Å². The second-order valence-electron chi connectivity index (χ2n) is 7.90. The fraction of sp³-hybridized carbons (Fsp3) is 0.0769. The van der Waals surface area contributed by atoms with Crippen molar-refractivity contribution < 1.29 is 18.4 Å². The van der Waals surface area contributed by atoms with E-state index in [0.29, 0.717) is 16.1 Å². The van der Waals surface area contributed by atoms with Crippen LogP contribution in [0.1, 0.15) is 16.7 Å². The van der Waals surface area contributed by atoms with Crippen molar-refractivity contribution in [3.63, 3.8) is 0 Å². The molecule has 5 rings (SSSR count). The van der Waals surface area contributed by atoms with E-state index in [-0.39, 0.29) is 28.6 Å². The van der Waals surface area contributed by atoms with Gasteiger partial charge in [-0.3, -0.25) is 14.5 Å². The minimum absolute atomic E-state index is 0.0797. The van der Waals surface area contributed by atoms with Crippen LogP contribution >= 0.6 is 35.0 Å². The molecular weight excluding hydrogens is 513 g/mol. The number of fused-ring (bicyclic) bond motifs is 1. The lowest BCUT2D eigenvalue weighted by Gasteiger charge is -2.14. The van der Waals surface area contributed by atoms with Crippen molar-refractivity contribution in [1.82, 2.24) is 9.47 Å². The Morgan fingerprint density at radius 2 is 1.46 bits per heavy atom. The molecule has 35 heavy (non-hydrogen) atoms. The zero-order valence-corrected chi connectivity index (χ0v) is 20.3.